The van der Waals surface area contributed by atoms with Gasteiger partial charge in [0.1, 0.15) is 6.73 Å². The molecule has 2 N–H and O–H groups in total. The van der Waals surface area contributed by atoms with Gasteiger partial charge in [0.25, 0.3) is 0 Å². The predicted molar refractivity (Wildman–Crippen MR) is 43.9 cm³/mol. The van der Waals surface area contributed by atoms with E-state index in [1.807, 2.05) is 0 Å². The van der Waals surface area contributed by atoms with Crippen LogP contribution >= 0.6 is 0 Å². The van der Waals surface area contributed by atoms with Crippen molar-refractivity contribution in [3.8, 4) is 0 Å². The van der Waals surface area contributed by atoms with E-state index in [2.05, 4.69) is 14.8 Å². The lowest BCUT2D eigenvalue weighted by molar-refractivity contribution is 0.240. The van der Waals surface area contributed by atoms with E-state index in [1.54, 1.807) is 0 Å². The van der Waals surface area contributed by atoms with Crippen LogP contribution in [-0.4, -0.2) is 34.6 Å². The second-order valence-electron chi connectivity index (χ2n) is 2.69. The Bertz CT molecular complexity index is 150. The minimum atomic E-state index is -2.40. The Hall–Kier alpha value is -0.0100. The van der Waals surface area contributed by atoms with Crippen molar-refractivity contribution in [3.05, 3.63) is 0 Å². The van der Waals surface area contributed by atoms with Gasteiger partial charge in [-0.1, -0.05) is 0 Å². The van der Waals surface area contributed by atoms with Crippen molar-refractivity contribution in [1.29, 1.82) is 0 Å². The first kappa shape index (κ1) is 10.1. The van der Waals surface area contributed by atoms with Gasteiger partial charge in [-0.05, 0) is 25.9 Å². The first-order valence-electron chi connectivity index (χ1n) is 3.95. The molecule has 1 saturated heterocycles. The van der Waals surface area contributed by atoms with Gasteiger partial charge in [-0.15, -0.1) is 0 Å². The summed E-state index contributed by atoms with van der Waals surface area (Å²) in [6, 6.07) is 0.384. The van der Waals surface area contributed by atoms with Crippen LogP contribution in [0.4, 0.5) is 0 Å². The minimum Gasteiger partial charge on any atom is -0.750 e. The Morgan fingerprint density at radius 2 is 2.25 bits per heavy atom. The Balaban J connectivity index is 2.01. The second-order valence-corrected chi connectivity index (χ2v) is 3.34. The third kappa shape index (κ3) is 4.13. The minimum absolute atomic E-state index is 0.0841. The molecule has 5 nitrogen and oxygen atoms in total. The van der Waals surface area contributed by atoms with Crippen molar-refractivity contribution in [2.24, 2.45) is 0 Å². The van der Waals surface area contributed by atoms with E-state index in [0.717, 1.165) is 25.9 Å². The zero-order valence-corrected chi connectivity index (χ0v) is 7.56. The summed E-state index contributed by atoms with van der Waals surface area (Å²) in [5.41, 5.74) is 0. The lowest BCUT2D eigenvalue weighted by Crippen LogP contribution is -2.40. The van der Waals surface area contributed by atoms with Gasteiger partial charge in [0, 0.05) is 6.04 Å². The molecule has 0 aromatic rings. The van der Waals surface area contributed by atoms with Gasteiger partial charge >= 0.3 is 0 Å². The molecule has 12 heavy (non-hydrogen) atoms. The molecule has 0 amide bonds. The summed E-state index contributed by atoms with van der Waals surface area (Å²) < 4.78 is 24.3. The lowest BCUT2D eigenvalue weighted by atomic mass is 10.1. The van der Waals surface area contributed by atoms with E-state index in [9.17, 15) is 8.76 Å². The fourth-order valence-electron chi connectivity index (χ4n) is 1.23. The summed E-state index contributed by atoms with van der Waals surface area (Å²) in [7, 11) is 0. The Morgan fingerprint density at radius 3 is 2.83 bits per heavy atom. The lowest BCUT2D eigenvalue weighted by Gasteiger charge is -2.23. The van der Waals surface area contributed by atoms with Crippen LogP contribution in [0.2, 0.25) is 0 Å². The molecule has 1 atom stereocenters. The third-order valence-corrected chi connectivity index (χ3v) is 2.18. The third-order valence-electron chi connectivity index (χ3n) is 1.87. The standard InChI is InChI=1S/C6H14N2O3S/c9-12(10)11-5-8-6-1-3-7-4-2-6/h6-8H,1-5H2,(H,9,10)/p-1. The normalized spacial score (nSPS) is 22.4. The highest BCUT2D eigenvalue weighted by molar-refractivity contribution is 7.74. The van der Waals surface area contributed by atoms with Crippen molar-refractivity contribution in [2.75, 3.05) is 19.8 Å². The van der Waals surface area contributed by atoms with Crippen LogP contribution in [0, 0.1) is 0 Å². The van der Waals surface area contributed by atoms with E-state index in [-0.39, 0.29) is 6.73 Å². The summed E-state index contributed by atoms with van der Waals surface area (Å²) in [5.74, 6) is 0. The maximum Gasteiger partial charge on any atom is 0.113 e. The Kier molecular flexibility index (Phi) is 4.70. The largest absolute Gasteiger partial charge is 0.750 e. The molecule has 0 saturated carbocycles. The molecule has 0 aliphatic carbocycles. The highest BCUT2D eigenvalue weighted by atomic mass is 32.2. The van der Waals surface area contributed by atoms with Gasteiger partial charge in [0.05, 0.1) is 11.4 Å². The molecule has 0 aromatic heterocycles. The van der Waals surface area contributed by atoms with Gasteiger partial charge in [-0.2, -0.15) is 0 Å². The Labute approximate surface area is 74.4 Å². The topological polar surface area (TPSA) is 73.4 Å². The highest BCUT2D eigenvalue weighted by Gasteiger charge is 2.11. The summed E-state index contributed by atoms with van der Waals surface area (Å²) in [6.07, 6.45) is 2.05. The first-order chi connectivity index (χ1) is 5.79. The van der Waals surface area contributed by atoms with Gasteiger partial charge < -0.3 is 9.87 Å². The van der Waals surface area contributed by atoms with Crippen LogP contribution in [0.15, 0.2) is 0 Å². The maximum absolute atomic E-state index is 9.97. The quantitative estimate of drug-likeness (QED) is 0.447. The molecular weight excluding hydrogens is 180 g/mol. The van der Waals surface area contributed by atoms with Crippen LogP contribution in [0.3, 0.4) is 0 Å². The van der Waals surface area contributed by atoms with E-state index in [0.29, 0.717) is 6.04 Å². The van der Waals surface area contributed by atoms with Gasteiger partial charge in [0.2, 0.25) is 0 Å². The summed E-state index contributed by atoms with van der Waals surface area (Å²) in [6.45, 7) is 2.05. The number of rotatable bonds is 4. The molecule has 0 aromatic carbocycles. The smallest absolute Gasteiger partial charge is 0.113 e. The molecule has 1 aliphatic rings. The number of hydrogen-bond acceptors (Lipinski definition) is 5. The molecule has 1 rings (SSSR count). The van der Waals surface area contributed by atoms with Crippen molar-refractivity contribution in [3.63, 3.8) is 0 Å². The fourth-order valence-corrected chi connectivity index (χ4v) is 1.39. The molecule has 0 radical (unpaired) electrons. The van der Waals surface area contributed by atoms with E-state index >= 15 is 0 Å². The molecule has 1 aliphatic heterocycles. The van der Waals surface area contributed by atoms with Crippen LogP contribution in [0.1, 0.15) is 12.8 Å². The van der Waals surface area contributed by atoms with Gasteiger partial charge in [-0.3, -0.25) is 9.50 Å². The molecule has 0 spiro atoms. The molecule has 1 unspecified atom stereocenters. The maximum atomic E-state index is 9.97. The van der Waals surface area contributed by atoms with Crippen molar-refractivity contribution < 1.29 is 12.9 Å². The van der Waals surface area contributed by atoms with Crippen LogP contribution in [-0.2, 0) is 15.5 Å². The second kappa shape index (κ2) is 5.60. The number of hydrogen-bond donors (Lipinski definition) is 2. The number of piperidine rings is 1. The van der Waals surface area contributed by atoms with Gasteiger partial charge in [0.15, 0.2) is 0 Å². The average molecular weight is 193 g/mol. The molecule has 72 valence electrons. The summed E-state index contributed by atoms with van der Waals surface area (Å²) >= 11 is -2.40. The number of nitrogens with one attached hydrogen (secondary N) is 2. The first-order valence-corrected chi connectivity index (χ1v) is 4.95. The zero-order valence-electron chi connectivity index (χ0n) is 6.75. The zero-order chi connectivity index (χ0) is 8.81. The fraction of sp³-hybridized carbons (Fsp3) is 1.00. The van der Waals surface area contributed by atoms with E-state index in [4.69, 9.17) is 0 Å². The predicted octanol–water partition coefficient (Wildman–Crippen LogP) is -0.904. The van der Waals surface area contributed by atoms with Crippen molar-refractivity contribution in [1.82, 2.24) is 10.6 Å². The summed E-state index contributed by atoms with van der Waals surface area (Å²) in [4.78, 5) is 0. The molecule has 0 bridgehead atoms. The van der Waals surface area contributed by atoms with E-state index in [1.165, 1.54) is 0 Å². The Morgan fingerprint density at radius 1 is 1.58 bits per heavy atom. The molecule has 1 fully saturated rings. The molecule has 1 heterocycles. The summed E-state index contributed by atoms with van der Waals surface area (Å²) in [5, 5.41) is 6.21. The molecular formula is C6H13N2O3S-. The highest BCUT2D eigenvalue weighted by Crippen LogP contribution is 2.00. The van der Waals surface area contributed by atoms with Crippen molar-refractivity contribution in [2.45, 2.75) is 18.9 Å². The van der Waals surface area contributed by atoms with Crippen LogP contribution in [0.25, 0.3) is 0 Å². The van der Waals surface area contributed by atoms with Crippen molar-refractivity contribution >= 4 is 11.4 Å². The monoisotopic (exact) mass is 193 g/mol. The van der Waals surface area contributed by atoms with Crippen LogP contribution in [0.5, 0.6) is 0 Å². The van der Waals surface area contributed by atoms with E-state index < -0.39 is 11.4 Å². The molecule has 6 heteroatoms. The van der Waals surface area contributed by atoms with Crippen LogP contribution < -0.4 is 10.6 Å². The SMILES string of the molecule is O=S([O-])OCNC1CCNCC1. The average Bonchev–Trinajstić information content (AvgIpc) is 2.05. The van der Waals surface area contributed by atoms with Gasteiger partial charge in [-0.25, -0.2) is 4.21 Å².